The van der Waals surface area contributed by atoms with Crippen LogP contribution in [-0.4, -0.2) is 45.0 Å². The van der Waals surface area contributed by atoms with Gasteiger partial charge in [-0.3, -0.25) is 24.8 Å². The number of aromatic nitrogens is 3. The van der Waals surface area contributed by atoms with Crippen LogP contribution in [0.2, 0.25) is 5.02 Å². The highest BCUT2D eigenvalue weighted by Gasteiger charge is 2.30. The summed E-state index contributed by atoms with van der Waals surface area (Å²) in [6.45, 7) is 2.63. The molecule has 6 N–H and O–H groups in total. The number of halogens is 2. The molecule has 36 heavy (non-hydrogen) atoms. The Hall–Kier alpha value is -3.77. The summed E-state index contributed by atoms with van der Waals surface area (Å²) >= 11 is 7.30. The highest BCUT2D eigenvalue weighted by molar-refractivity contribution is 7.23. The monoisotopic (exact) mass is 531 g/mol. The van der Waals surface area contributed by atoms with Gasteiger partial charge in [-0.1, -0.05) is 22.9 Å². The van der Waals surface area contributed by atoms with Crippen molar-refractivity contribution >= 4 is 72.6 Å². The van der Waals surface area contributed by atoms with E-state index in [-0.39, 0.29) is 18.5 Å². The Labute approximate surface area is 213 Å². The number of hydrogen-bond donors (Lipinski definition) is 5. The lowest BCUT2D eigenvalue weighted by molar-refractivity contribution is -0.119. The van der Waals surface area contributed by atoms with Crippen molar-refractivity contribution in [3.63, 3.8) is 0 Å². The van der Waals surface area contributed by atoms with Crippen LogP contribution in [0.15, 0.2) is 30.5 Å². The number of thiazole rings is 1. The predicted molar refractivity (Wildman–Crippen MR) is 138 cm³/mol. The van der Waals surface area contributed by atoms with Crippen LogP contribution in [0.1, 0.15) is 36.2 Å². The topological polar surface area (TPSA) is 155 Å². The summed E-state index contributed by atoms with van der Waals surface area (Å²) in [5, 5.41) is 16.7. The minimum absolute atomic E-state index is 0.0135. The van der Waals surface area contributed by atoms with Crippen LogP contribution in [0.4, 0.5) is 15.2 Å². The van der Waals surface area contributed by atoms with Crippen molar-refractivity contribution in [1.82, 2.24) is 20.5 Å². The van der Waals surface area contributed by atoms with Crippen LogP contribution >= 0.6 is 22.9 Å². The van der Waals surface area contributed by atoms with Gasteiger partial charge in [-0.25, -0.2) is 9.37 Å². The molecule has 2 aromatic carbocycles. The first kappa shape index (κ1) is 25.3. The van der Waals surface area contributed by atoms with Gasteiger partial charge in [0, 0.05) is 34.6 Å². The van der Waals surface area contributed by atoms with E-state index in [4.69, 9.17) is 17.3 Å². The molecule has 2 heterocycles. The highest BCUT2D eigenvalue weighted by Crippen LogP contribution is 2.35. The second-order valence-corrected chi connectivity index (χ2v) is 10.00. The summed E-state index contributed by atoms with van der Waals surface area (Å²) < 4.78 is 14.3. The second-order valence-electron chi connectivity index (χ2n) is 8.56. The molecule has 188 valence electrons. The number of carbonyl (C=O) groups is 3. The van der Waals surface area contributed by atoms with Crippen LogP contribution in [-0.2, 0) is 16.3 Å². The molecule has 3 amide bonds. The molecule has 2 aromatic heterocycles. The summed E-state index contributed by atoms with van der Waals surface area (Å²) in [6, 6.07) is 6.28. The van der Waals surface area contributed by atoms with Gasteiger partial charge in [0.1, 0.15) is 12.2 Å². The van der Waals surface area contributed by atoms with Gasteiger partial charge in [-0.05, 0) is 38.1 Å². The van der Waals surface area contributed by atoms with Crippen LogP contribution in [0.3, 0.4) is 0 Å². The summed E-state index contributed by atoms with van der Waals surface area (Å²) in [7, 11) is 0. The molecule has 0 saturated carbocycles. The van der Waals surface area contributed by atoms with Gasteiger partial charge >= 0.3 is 0 Å². The number of fused-ring (bicyclic) bond motifs is 3. The van der Waals surface area contributed by atoms with Gasteiger partial charge < -0.3 is 16.4 Å². The van der Waals surface area contributed by atoms with Crippen molar-refractivity contribution in [2.45, 2.75) is 32.5 Å². The van der Waals surface area contributed by atoms with E-state index in [1.807, 2.05) is 0 Å². The van der Waals surface area contributed by atoms with E-state index in [9.17, 15) is 18.8 Å². The van der Waals surface area contributed by atoms with Crippen molar-refractivity contribution in [3.05, 3.63) is 46.6 Å². The zero-order chi connectivity index (χ0) is 26.0. The number of aromatic amines is 1. The van der Waals surface area contributed by atoms with E-state index in [0.29, 0.717) is 37.1 Å². The normalized spacial score (nSPS) is 11.6. The average Bonchev–Trinajstić information content (AvgIpc) is 3.45. The van der Waals surface area contributed by atoms with Gasteiger partial charge in [-0.2, -0.15) is 5.10 Å². The molecule has 10 nitrogen and oxygen atoms in total. The molecule has 0 atom stereocenters. The van der Waals surface area contributed by atoms with Crippen LogP contribution in [0.25, 0.3) is 21.1 Å². The Balaban J connectivity index is 1.55. The molecular formula is C23H23ClFN7O3S. The van der Waals surface area contributed by atoms with Crippen LogP contribution in [0.5, 0.6) is 0 Å². The zero-order valence-corrected chi connectivity index (χ0v) is 20.9. The molecule has 0 aliphatic heterocycles. The number of alkyl halides is 1. The van der Waals surface area contributed by atoms with Gasteiger partial charge in [0.05, 0.1) is 27.5 Å². The first-order valence-corrected chi connectivity index (χ1v) is 12.1. The lowest BCUT2D eigenvalue weighted by Gasteiger charge is -2.27. The number of benzene rings is 2. The number of nitrogens with zero attached hydrogens (tertiary/aromatic N) is 2. The number of rotatable bonds is 9. The van der Waals surface area contributed by atoms with Gasteiger partial charge in [0.15, 0.2) is 5.13 Å². The molecule has 4 aromatic rings. The fourth-order valence-electron chi connectivity index (χ4n) is 3.56. The van der Waals surface area contributed by atoms with E-state index < -0.39 is 29.9 Å². The number of nitrogens with two attached hydrogens (primary N) is 1. The third-order valence-electron chi connectivity index (χ3n) is 5.43. The molecule has 0 bridgehead atoms. The predicted octanol–water partition coefficient (Wildman–Crippen LogP) is 3.73. The largest absolute Gasteiger partial charge is 0.371 e. The standard InChI is InChI=1S/C23H23ClFN7O3S/c1-23(2,31-15-4-3-12(24)8-13(15)20(34)27-6-5-17(26)33)21(35)30-22-29-18-11(9-25)7-16-14(10-28-32-16)19(18)36-22/h3-4,7-8,10,31H,5-6,9H2,1-2H3,(H2,26,33)(H,27,34)(H,28,32)(H,29,30,35). The maximum Gasteiger partial charge on any atom is 0.253 e. The molecule has 4 rings (SSSR count). The molecule has 0 unspecified atom stereocenters. The van der Waals surface area contributed by atoms with Gasteiger partial charge in [0.25, 0.3) is 11.8 Å². The molecule has 0 fully saturated rings. The molecule has 0 radical (unpaired) electrons. The fourth-order valence-corrected chi connectivity index (χ4v) is 4.75. The summed E-state index contributed by atoms with van der Waals surface area (Å²) in [4.78, 5) is 41.3. The highest BCUT2D eigenvalue weighted by atomic mass is 35.5. The molecule has 0 aliphatic rings. The molecule has 0 spiro atoms. The minimum Gasteiger partial charge on any atom is -0.371 e. The zero-order valence-electron chi connectivity index (χ0n) is 19.4. The Morgan fingerprint density at radius 1 is 1.25 bits per heavy atom. The maximum absolute atomic E-state index is 13.6. The van der Waals surface area contributed by atoms with Crippen molar-refractivity contribution in [2.75, 3.05) is 17.2 Å². The number of amides is 3. The third kappa shape index (κ3) is 5.24. The average molecular weight is 532 g/mol. The van der Waals surface area contributed by atoms with E-state index in [0.717, 1.165) is 5.39 Å². The number of nitrogens with one attached hydrogen (secondary N) is 4. The molecular weight excluding hydrogens is 509 g/mol. The van der Waals surface area contributed by atoms with E-state index >= 15 is 0 Å². The third-order valence-corrected chi connectivity index (χ3v) is 6.66. The van der Waals surface area contributed by atoms with Crippen molar-refractivity contribution < 1.29 is 18.8 Å². The number of anilines is 2. The quantitative estimate of drug-likeness (QED) is 0.222. The lowest BCUT2D eigenvalue weighted by Crippen LogP contribution is -2.44. The second kappa shape index (κ2) is 10.1. The maximum atomic E-state index is 13.6. The van der Waals surface area contributed by atoms with Crippen molar-refractivity contribution in [3.8, 4) is 0 Å². The minimum atomic E-state index is -1.19. The van der Waals surface area contributed by atoms with E-state index in [2.05, 4.69) is 31.1 Å². The fraction of sp³-hybridized carbons (Fsp3) is 0.261. The van der Waals surface area contributed by atoms with E-state index in [1.165, 1.54) is 17.4 Å². The Bertz CT molecular complexity index is 1480. The van der Waals surface area contributed by atoms with Gasteiger partial charge in [0.2, 0.25) is 5.91 Å². The van der Waals surface area contributed by atoms with Crippen LogP contribution < -0.4 is 21.7 Å². The lowest BCUT2D eigenvalue weighted by atomic mass is 10.0. The number of H-pyrrole nitrogens is 1. The summed E-state index contributed by atoms with van der Waals surface area (Å²) in [5.41, 5.74) is 6.02. The van der Waals surface area contributed by atoms with Crippen molar-refractivity contribution in [1.29, 1.82) is 0 Å². The van der Waals surface area contributed by atoms with Crippen molar-refractivity contribution in [2.24, 2.45) is 5.73 Å². The smallest absolute Gasteiger partial charge is 0.253 e. The first-order valence-electron chi connectivity index (χ1n) is 10.9. The number of primary amides is 1. The van der Waals surface area contributed by atoms with E-state index in [1.54, 1.807) is 38.2 Å². The summed E-state index contributed by atoms with van der Waals surface area (Å²) in [6.07, 6.45) is 1.62. The van der Waals surface area contributed by atoms with Crippen LogP contribution in [0, 0.1) is 0 Å². The number of hydrogen-bond acceptors (Lipinski definition) is 7. The Kier molecular flexibility index (Phi) is 7.09. The SMILES string of the molecule is CC(C)(Nc1ccc(Cl)cc1C(=O)NCCC(N)=O)C(=O)Nc1nc2c(CF)cc3[nH]ncc3c2s1. The Morgan fingerprint density at radius 3 is 2.75 bits per heavy atom. The molecule has 13 heteroatoms. The Morgan fingerprint density at radius 2 is 2.03 bits per heavy atom. The number of carbonyl (C=O) groups excluding carboxylic acids is 3. The van der Waals surface area contributed by atoms with Gasteiger partial charge in [-0.15, -0.1) is 0 Å². The molecule has 0 aliphatic carbocycles. The molecule has 0 saturated heterocycles. The summed E-state index contributed by atoms with van der Waals surface area (Å²) in [5.74, 6) is -1.45. The first-order chi connectivity index (χ1) is 17.1.